The first-order valence-corrected chi connectivity index (χ1v) is 8.52. The van der Waals surface area contributed by atoms with Gasteiger partial charge in [-0.05, 0) is 48.9 Å². The molecule has 0 amide bonds. The molecule has 0 spiro atoms. The number of hydrogen-bond acceptors (Lipinski definition) is 3. The molecule has 4 nitrogen and oxygen atoms in total. The zero-order valence-electron chi connectivity index (χ0n) is 14.6. The molecule has 128 valence electrons. The number of ether oxygens (including phenoxy) is 2. The van der Waals surface area contributed by atoms with Crippen LogP contribution in [0.15, 0.2) is 67.0 Å². The normalized spacial score (nSPS) is 17.0. The number of hydrogen-bond donors (Lipinski definition) is 0. The quantitative estimate of drug-likeness (QED) is 0.710. The zero-order chi connectivity index (χ0) is 17.2. The monoisotopic (exact) mass is 334 g/mol. The van der Waals surface area contributed by atoms with E-state index in [0.717, 1.165) is 30.2 Å². The molecule has 1 saturated heterocycles. The van der Waals surface area contributed by atoms with E-state index < -0.39 is 0 Å². The fraction of sp³-hybridized carbons (Fsp3) is 0.238. The van der Waals surface area contributed by atoms with Crippen molar-refractivity contribution in [2.75, 3.05) is 25.2 Å². The smallest absolute Gasteiger partial charge is 0.158 e. The Morgan fingerprint density at radius 1 is 1.04 bits per heavy atom. The molecule has 2 heterocycles. The molecule has 1 atom stereocenters. The van der Waals surface area contributed by atoms with E-state index in [4.69, 9.17) is 9.47 Å². The summed E-state index contributed by atoms with van der Waals surface area (Å²) in [6, 6.07) is 18.7. The van der Waals surface area contributed by atoms with Crippen LogP contribution < -0.4 is 9.64 Å². The van der Waals surface area contributed by atoms with Crippen molar-refractivity contribution in [2.24, 2.45) is 0 Å². The van der Waals surface area contributed by atoms with Crippen LogP contribution in [0, 0.1) is 6.92 Å². The van der Waals surface area contributed by atoms with Gasteiger partial charge in [0.1, 0.15) is 5.75 Å². The SMILES string of the molecule is COc1ccc(N2CCO[C@@H]2c2ccn(-c3ccccc3C)c2)cc1. The second kappa shape index (κ2) is 6.65. The summed E-state index contributed by atoms with van der Waals surface area (Å²) in [6.07, 6.45) is 4.21. The minimum absolute atomic E-state index is 0.0568. The summed E-state index contributed by atoms with van der Waals surface area (Å²) in [5.74, 6) is 0.867. The molecule has 4 rings (SSSR count). The Labute approximate surface area is 148 Å². The summed E-state index contributed by atoms with van der Waals surface area (Å²) in [6.45, 7) is 3.74. The van der Waals surface area contributed by atoms with Crippen molar-refractivity contribution in [2.45, 2.75) is 13.2 Å². The number of nitrogens with zero attached hydrogens (tertiary/aromatic N) is 2. The molecule has 1 aliphatic rings. The molecule has 25 heavy (non-hydrogen) atoms. The lowest BCUT2D eigenvalue weighted by molar-refractivity contribution is 0.114. The fourth-order valence-corrected chi connectivity index (χ4v) is 3.35. The van der Waals surface area contributed by atoms with Gasteiger partial charge in [-0.25, -0.2) is 0 Å². The number of methoxy groups -OCH3 is 1. The summed E-state index contributed by atoms with van der Waals surface area (Å²) in [5, 5.41) is 0. The van der Waals surface area contributed by atoms with Crippen LogP contribution in [0.1, 0.15) is 17.4 Å². The third kappa shape index (κ3) is 3.01. The third-order valence-corrected chi connectivity index (χ3v) is 4.69. The van der Waals surface area contributed by atoms with Gasteiger partial charge in [0.2, 0.25) is 0 Å². The van der Waals surface area contributed by atoms with Gasteiger partial charge in [-0.3, -0.25) is 0 Å². The van der Waals surface area contributed by atoms with Gasteiger partial charge in [-0.2, -0.15) is 0 Å². The van der Waals surface area contributed by atoms with Crippen LogP contribution in [-0.2, 0) is 4.74 Å². The van der Waals surface area contributed by atoms with E-state index in [1.807, 2.05) is 12.1 Å². The van der Waals surface area contributed by atoms with Gasteiger partial charge in [-0.1, -0.05) is 18.2 Å². The minimum Gasteiger partial charge on any atom is -0.497 e. The molecule has 0 saturated carbocycles. The highest BCUT2D eigenvalue weighted by Crippen LogP contribution is 2.33. The molecule has 4 heteroatoms. The summed E-state index contributed by atoms with van der Waals surface area (Å²) in [4.78, 5) is 2.29. The summed E-state index contributed by atoms with van der Waals surface area (Å²) >= 11 is 0. The lowest BCUT2D eigenvalue weighted by Gasteiger charge is -2.24. The number of para-hydroxylation sites is 1. The van der Waals surface area contributed by atoms with E-state index >= 15 is 0 Å². The summed E-state index contributed by atoms with van der Waals surface area (Å²) in [7, 11) is 1.69. The van der Waals surface area contributed by atoms with Gasteiger partial charge in [0.25, 0.3) is 0 Å². The fourth-order valence-electron chi connectivity index (χ4n) is 3.35. The van der Waals surface area contributed by atoms with Crippen molar-refractivity contribution in [1.82, 2.24) is 4.57 Å². The molecule has 0 N–H and O–H groups in total. The predicted molar refractivity (Wildman–Crippen MR) is 99.5 cm³/mol. The lowest BCUT2D eigenvalue weighted by Crippen LogP contribution is -2.22. The number of benzene rings is 2. The average molecular weight is 334 g/mol. The van der Waals surface area contributed by atoms with Crippen LogP contribution in [0.3, 0.4) is 0 Å². The van der Waals surface area contributed by atoms with Crippen molar-refractivity contribution < 1.29 is 9.47 Å². The number of anilines is 1. The highest BCUT2D eigenvalue weighted by molar-refractivity contribution is 5.51. The first kappa shape index (κ1) is 15.8. The number of aryl methyl sites for hydroxylation is 1. The summed E-state index contributed by atoms with van der Waals surface area (Å²) < 4.78 is 13.4. The lowest BCUT2D eigenvalue weighted by atomic mass is 10.2. The Bertz CT molecular complexity index is 854. The second-order valence-electron chi connectivity index (χ2n) is 6.25. The Morgan fingerprint density at radius 3 is 2.60 bits per heavy atom. The van der Waals surface area contributed by atoms with E-state index in [0.29, 0.717) is 0 Å². The number of rotatable bonds is 4. The molecular formula is C21H22N2O2. The van der Waals surface area contributed by atoms with Gasteiger partial charge < -0.3 is 18.9 Å². The maximum atomic E-state index is 6.02. The van der Waals surface area contributed by atoms with E-state index in [1.54, 1.807) is 7.11 Å². The Kier molecular flexibility index (Phi) is 4.20. The van der Waals surface area contributed by atoms with Crippen LogP contribution in [0.5, 0.6) is 5.75 Å². The maximum absolute atomic E-state index is 6.02. The number of aromatic nitrogens is 1. The average Bonchev–Trinajstić information content (AvgIpc) is 3.31. The maximum Gasteiger partial charge on any atom is 0.158 e. The summed E-state index contributed by atoms with van der Waals surface area (Å²) in [5.41, 5.74) is 4.76. The molecule has 2 aromatic carbocycles. The van der Waals surface area contributed by atoms with Crippen molar-refractivity contribution in [3.8, 4) is 11.4 Å². The van der Waals surface area contributed by atoms with Crippen LogP contribution in [0.2, 0.25) is 0 Å². The van der Waals surface area contributed by atoms with Gasteiger partial charge in [0.05, 0.1) is 13.7 Å². The van der Waals surface area contributed by atoms with Crippen LogP contribution in [0.25, 0.3) is 5.69 Å². The molecule has 1 aliphatic heterocycles. The molecule has 1 fully saturated rings. The van der Waals surface area contributed by atoms with E-state index in [1.165, 1.54) is 11.3 Å². The molecule has 0 unspecified atom stereocenters. The molecule has 0 aliphatic carbocycles. The molecule has 3 aromatic rings. The van der Waals surface area contributed by atoms with Gasteiger partial charge in [0.15, 0.2) is 6.23 Å². The van der Waals surface area contributed by atoms with Crippen LogP contribution in [-0.4, -0.2) is 24.8 Å². The van der Waals surface area contributed by atoms with Gasteiger partial charge in [-0.15, -0.1) is 0 Å². The second-order valence-corrected chi connectivity index (χ2v) is 6.25. The van der Waals surface area contributed by atoms with Gasteiger partial charge in [0, 0.05) is 35.9 Å². The first-order chi connectivity index (χ1) is 12.3. The van der Waals surface area contributed by atoms with Gasteiger partial charge >= 0.3 is 0 Å². The van der Waals surface area contributed by atoms with Crippen molar-refractivity contribution in [1.29, 1.82) is 0 Å². The zero-order valence-corrected chi connectivity index (χ0v) is 14.6. The van der Waals surface area contributed by atoms with E-state index in [9.17, 15) is 0 Å². The Balaban J connectivity index is 1.61. The van der Waals surface area contributed by atoms with Crippen LogP contribution in [0.4, 0.5) is 5.69 Å². The van der Waals surface area contributed by atoms with Crippen LogP contribution >= 0.6 is 0 Å². The molecule has 1 aromatic heterocycles. The van der Waals surface area contributed by atoms with Crippen molar-refractivity contribution in [3.05, 3.63) is 78.1 Å². The predicted octanol–water partition coefficient (Wildman–Crippen LogP) is 4.33. The highest BCUT2D eigenvalue weighted by atomic mass is 16.5. The topological polar surface area (TPSA) is 26.6 Å². The Hall–Kier alpha value is -2.72. The highest BCUT2D eigenvalue weighted by Gasteiger charge is 2.28. The molecule has 0 bridgehead atoms. The standard InChI is InChI=1S/C21H22N2O2/c1-16-5-3-4-6-20(16)22-12-11-17(15-22)21-23(13-14-25-21)18-7-9-19(24-2)10-8-18/h3-12,15,21H,13-14H2,1-2H3/t21-/m1/s1. The largest absolute Gasteiger partial charge is 0.497 e. The van der Waals surface area contributed by atoms with Crippen molar-refractivity contribution in [3.63, 3.8) is 0 Å². The molecule has 0 radical (unpaired) electrons. The first-order valence-electron chi connectivity index (χ1n) is 8.52. The Morgan fingerprint density at radius 2 is 1.84 bits per heavy atom. The van der Waals surface area contributed by atoms with E-state index in [2.05, 4.69) is 71.2 Å². The van der Waals surface area contributed by atoms with E-state index in [-0.39, 0.29) is 6.23 Å². The third-order valence-electron chi connectivity index (χ3n) is 4.69. The molecular weight excluding hydrogens is 312 g/mol. The van der Waals surface area contributed by atoms with Crippen molar-refractivity contribution >= 4 is 5.69 Å². The minimum atomic E-state index is -0.0568.